The van der Waals surface area contributed by atoms with Gasteiger partial charge in [-0.25, -0.2) is 18.4 Å². The predicted octanol–water partition coefficient (Wildman–Crippen LogP) is 3.80. The van der Waals surface area contributed by atoms with E-state index in [0.717, 1.165) is 47.6 Å². The molecule has 1 fully saturated rings. The van der Waals surface area contributed by atoms with Gasteiger partial charge in [0.15, 0.2) is 0 Å². The Morgan fingerprint density at radius 2 is 1.62 bits per heavy atom. The van der Waals surface area contributed by atoms with Gasteiger partial charge >= 0.3 is 0 Å². The molecule has 0 atom stereocenters. The molecule has 1 aliphatic rings. The molecule has 1 N–H and O–H groups in total. The van der Waals surface area contributed by atoms with Crippen LogP contribution in [0.1, 0.15) is 38.6 Å². The average Bonchev–Trinajstić information content (AvgIpc) is 2.86. The number of rotatable bonds is 9. The van der Waals surface area contributed by atoms with Crippen LogP contribution >= 0.6 is 0 Å². The van der Waals surface area contributed by atoms with Crippen molar-refractivity contribution in [3.8, 4) is 0 Å². The van der Waals surface area contributed by atoms with Crippen LogP contribution in [0.3, 0.4) is 0 Å². The first kappa shape index (κ1) is 27.4. The van der Waals surface area contributed by atoms with Gasteiger partial charge in [-0.3, -0.25) is 4.90 Å². The molecule has 0 aliphatic carbocycles. The van der Waals surface area contributed by atoms with Gasteiger partial charge in [-0.2, -0.15) is 4.31 Å². The van der Waals surface area contributed by atoms with Gasteiger partial charge in [-0.15, -0.1) is 0 Å². The summed E-state index contributed by atoms with van der Waals surface area (Å²) in [6.45, 7) is 11.0. The predicted molar refractivity (Wildman–Crippen MR) is 150 cm³/mol. The molecule has 0 bridgehead atoms. The van der Waals surface area contributed by atoms with E-state index in [1.165, 1.54) is 0 Å². The molecule has 0 unspecified atom stereocenters. The van der Waals surface area contributed by atoms with Crippen molar-refractivity contribution in [2.75, 3.05) is 58.7 Å². The number of piperazine rings is 1. The fraction of sp³-hybridized carbons (Fsp3) is 0.500. The first-order chi connectivity index (χ1) is 17.5. The molecule has 200 valence electrons. The van der Waals surface area contributed by atoms with E-state index in [1.807, 2.05) is 36.4 Å². The zero-order chi connectivity index (χ0) is 26.6. The third-order valence-corrected chi connectivity index (χ3v) is 8.69. The van der Waals surface area contributed by atoms with Gasteiger partial charge in [0.1, 0.15) is 11.6 Å². The molecular formula is C28H40N6O2S. The Hall–Kier alpha value is -2.59. The van der Waals surface area contributed by atoms with E-state index < -0.39 is 10.0 Å². The number of anilines is 1. The summed E-state index contributed by atoms with van der Waals surface area (Å²) in [6, 6.07) is 15.4. The molecule has 3 aromatic rings. The van der Waals surface area contributed by atoms with Gasteiger partial charge in [0.05, 0.1) is 17.0 Å². The van der Waals surface area contributed by atoms with Crippen molar-refractivity contribution in [3.05, 3.63) is 59.9 Å². The smallest absolute Gasteiger partial charge is 0.243 e. The first-order valence-corrected chi connectivity index (χ1v) is 14.5. The van der Waals surface area contributed by atoms with Crippen molar-refractivity contribution < 1.29 is 8.42 Å². The van der Waals surface area contributed by atoms with E-state index in [2.05, 4.69) is 50.0 Å². The molecule has 9 heteroatoms. The molecule has 1 aromatic heterocycles. The number of hydrogen-bond acceptors (Lipinski definition) is 7. The standard InChI is InChI=1S/C28H40N6O2S/c1-28(2,3)22-11-13-23(14-12-22)37(35,36)34-19-17-33(18-20-34)21-26-30-25-10-7-6-9-24(25)27(31-26)29-15-8-16-32(4)5/h6-7,9-14H,8,15-21H2,1-5H3,(H,29,30,31). The van der Waals surface area contributed by atoms with Crippen molar-refractivity contribution in [1.82, 2.24) is 24.1 Å². The van der Waals surface area contributed by atoms with Crippen molar-refractivity contribution >= 4 is 26.7 Å². The van der Waals surface area contributed by atoms with Crippen molar-refractivity contribution in [2.24, 2.45) is 0 Å². The molecule has 1 saturated heterocycles. The highest BCUT2D eigenvalue weighted by Crippen LogP contribution is 2.26. The second-order valence-electron chi connectivity index (χ2n) is 11.0. The Morgan fingerprint density at radius 1 is 0.946 bits per heavy atom. The van der Waals surface area contributed by atoms with E-state index in [-0.39, 0.29) is 5.41 Å². The van der Waals surface area contributed by atoms with E-state index in [1.54, 1.807) is 16.4 Å². The van der Waals surface area contributed by atoms with Crippen LogP contribution in [-0.2, 0) is 22.0 Å². The lowest BCUT2D eigenvalue weighted by Gasteiger charge is -2.33. The van der Waals surface area contributed by atoms with Gasteiger partial charge in [0.2, 0.25) is 10.0 Å². The van der Waals surface area contributed by atoms with Gasteiger partial charge in [0, 0.05) is 38.1 Å². The van der Waals surface area contributed by atoms with Crippen LogP contribution in [0.15, 0.2) is 53.4 Å². The summed E-state index contributed by atoms with van der Waals surface area (Å²) < 4.78 is 28.1. The highest BCUT2D eigenvalue weighted by molar-refractivity contribution is 7.89. The molecule has 4 rings (SSSR count). The summed E-state index contributed by atoms with van der Waals surface area (Å²) in [5.74, 6) is 1.61. The monoisotopic (exact) mass is 524 g/mol. The summed E-state index contributed by atoms with van der Waals surface area (Å²) in [7, 11) is 0.637. The fourth-order valence-corrected chi connectivity index (χ4v) is 5.96. The minimum absolute atomic E-state index is 0.0135. The van der Waals surface area contributed by atoms with E-state index in [4.69, 9.17) is 9.97 Å². The average molecular weight is 525 g/mol. The normalized spacial score (nSPS) is 15.9. The number of hydrogen-bond donors (Lipinski definition) is 1. The number of nitrogens with one attached hydrogen (secondary N) is 1. The topological polar surface area (TPSA) is 81.7 Å². The maximum absolute atomic E-state index is 13.2. The van der Waals surface area contributed by atoms with Crippen LogP contribution in [0, 0.1) is 0 Å². The highest BCUT2D eigenvalue weighted by atomic mass is 32.2. The molecule has 0 spiro atoms. The van der Waals surface area contributed by atoms with Crippen LogP contribution in [0.4, 0.5) is 5.82 Å². The fourth-order valence-electron chi connectivity index (χ4n) is 4.54. The number of fused-ring (bicyclic) bond motifs is 1. The minimum Gasteiger partial charge on any atom is -0.369 e. The molecule has 37 heavy (non-hydrogen) atoms. The van der Waals surface area contributed by atoms with Crippen molar-refractivity contribution in [1.29, 1.82) is 0 Å². The third-order valence-electron chi connectivity index (χ3n) is 6.78. The largest absolute Gasteiger partial charge is 0.369 e. The molecule has 1 aliphatic heterocycles. The van der Waals surface area contributed by atoms with Crippen LogP contribution in [0.2, 0.25) is 0 Å². The van der Waals surface area contributed by atoms with Gasteiger partial charge < -0.3 is 10.2 Å². The minimum atomic E-state index is -3.51. The van der Waals surface area contributed by atoms with Gasteiger partial charge in [-0.1, -0.05) is 45.0 Å². The summed E-state index contributed by atoms with van der Waals surface area (Å²) in [5, 5.41) is 4.51. The number of para-hydroxylation sites is 1. The number of nitrogens with zero attached hydrogens (tertiary/aromatic N) is 5. The number of sulfonamides is 1. The Bertz CT molecular complexity index is 1290. The molecular weight excluding hydrogens is 484 g/mol. The van der Waals surface area contributed by atoms with E-state index in [9.17, 15) is 8.42 Å². The van der Waals surface area contributed by atoms with Crippen molar-refractivity contribution in [3.63, 3.8) is 0 Å². The molecule has 0 radical (unpaired) electrons. The van der Waals surface area contributed by atoms with Crippen LogP contribution in [-0.4, -0.2) is 85.9 Å². The highest BCUT2D eigenvalue weighted by Gasteiger charge is 2.29. The first-order valence-electron chi connectivity index (χ1n) is 13.0. The van der Waals surface area contributed by atoms with E-state index in [0.29, 0.717) is 37.6 Å². The lowest BCUT2D eigenvalue weighted by atomic mass is 9.87. The SMILES string of the molecule is CN(C)CCCNc1nc(CN2CCN(S(=O)(=O)c3ccc(C(C)(C)C)cc3)CC2)nc2ccccc12. The van der Waals surface area contributed by atoms with Gasteiger partial charge in [0.25, 0.3) is 0 Å². The summed E-state index contributed by atoms with van der Waals surface area (Å²) in [4.78, 5) is 14.4. The lowest BCUT2D eigenvalue weighted by molar-refractivity contribution is 0.178. The zero-order valence-corrected chi connectivity index (χ0v) is 23.6. The lowest BCUT2D eigenvalue weighted by Crippen LogP contribution is -2.48. The maximum atomic E-state index is 13.2. The van der Waals surface area contributed by atoms with E-state index >= 15 is 0 Å². The van der Waals surface area contributed by atoms with Gasteiger partial charge in [-0.05, 0) is 62.3 Å². The number of aromatic nitrogens is 2. The van der Waals surface area contributed by atoms with Crippen molar-refractivity contribution in [2.45, 2.75) is 44.0 Å². The Morgan fingerprint density at radius 3 is 2.27 bits per heavy atom. The van der Waals surface area contributed by atoms with Crippen LogP contribution < -0.4 is 5.32 Å². The Balaban J connectivity index is 1.40. The third kappa shape index (κ3) is 6.84. The summed E-state index contributed by atoms with van der Waals surface area (Å²) >= 11 is 0. The molecule has 0 saturated carbocycles. The molecule has 2 heterocycles. The maximum Gasteiger partial charge on any atom is 0.243 e. The Kier molecular flexibility index (Phi) is 8.48. The van der Waals surface area contributed by atoms with Crippen LogP contribution in [0.25, 0.3) is 10.9 Å². The molecule has 0 amide bonds. The number of benzene rings is 2. The second-order valence-corrected chi connectivity index (χ2v) is 13.0. The summed E-state index contributed by atoms with van der Waals surface area (Å²) in [6.07, 6.45) is 1.02. The molecule has 2 aromatic carbocycles. The summed E-state index contributed by atoms with van der Waals surface area (Å²) in [5.41, 5.74) is 2.03. The van der Waals surface area contributed by atoms with Crippen LogP contribution in [0.5, 0.6) is 0 Å². The zero-order valence-electron chi connectivity index (χ0n) is 22.7. The molecule has 8 nitrogen and oxygen atoms in total. The quantitative estimate of drug-likeness (QED) is 0.427. The second kappa shape index (κ2) is 11.4. The Labute approximate surface area is 221 Å².